The summed E-state index contributed by atoms with van der Waals surface area (Å²) in [5.74, 6) is 0.153. The molecule has 0 bridgehead atoms. The summed E-state index contributed by atoms with van der Waals surface area (Å²) >= 11 is 0. The van der Waals surface area contributed by atoms with Crippen molar-refractivity contribution in [3.8, 4) is 0 Å². The van der Waals surface area contributed by atoms with E-state index in [-0.39, 0.29) is 30.2 Å². The molecule has 106 valence electrons. The number of hydrogen-bond donors (Lipinski definition) is 0. The second-order valence-electron chi connectivity index (χ2n) is 5.02. The van der Waals surface area contributed by atoms with Crippen LogP contribution in [0.4, 0.5) is 0 Å². The lowest BCUT2D eigenvalue weighted by atomic mass is 10.0. The van der Waals surface area contributed by atoms with Crippen LogP contribution in [0.2, 0.25) is 0 Å². The molecule has 0 saturated heterocycles. The Balaban J connectivity index is 0. The van der Waals surface area contributed by atoms with Gasteiger partial charge in [-0.25, -0.2) is 0 Å². The number of hydrogen-bond acceptors (Lipinski definition) is 5. The normalized spacial score (nSPS) is 12.2. The van der Waals surface area contributed by atoms with Gasteiger partial charge in [-0.05, 0) is 40.7 Å². The predicted molar refractivity (Wildman–Crippen MR) is 67.8 cm³/mol. The fourth-order valence-electron chi connectivity index (χ4n) is 1.53. The number of nitrogens with zero attached hydrogens (tertiary/aromatic N) is 1. The Morgan fingerprint density at radius 3 is 1.67 bits per heavy atom. The molecule has 18 heavy (non-hydrogen) atoms. The molecule has 0 saturated carbocycles. The SMILES string of the molecule is CC(C)OC(=O)C(C(C)C)N(C)C(C)C.O=C=O. The van der Waals surface area contributed by atoms with Gasteiger partial charge < -0.3 is 4.74 Å². The first-order valence-electron chi connectivity index (χ1n) is 6.10. The monoisotopic (exact) mass is 259 g/mol. The predicted octanol–water partition coefficient (Wildman–Crippen LogP) is 1.72. The van der Waals surface area contributed by atoms with Gasteiger partial charge in [0.1, 0.15) is 6.04 Å². The molecule has 0 fully saturated rings. The fraction of sp³-hybridized carbons (Fsp3) is 0.846. The third-order valence-corrected chi connectivity index (χ3v) is 2.48. The van der Waals surface area contributed by atoms with Gasteiger partial charge in [-0.1, -0.05) is 13.8 Å². The molecule has 0 aromatic heterocycles. The van der Waals surface area contributed by atoms with Gasteiger partial charge in [0.05, 0.1) is 6.10 Å². The second-order valence-corrected chi connectivity index (χ2v) is 5.02. The van der Waals surface area contributed by atoms with Crippen LogP contribution in [0, 0.1) is 5.92 Å². The van der Waals surface area contributed by atoms with Gasteiger partial charge in [-0.3, -0.25) is 9.69 Å². The molecule has 0 rings (SSSR count). The van der Waals surface area contributed by atoms with E-state index in [2.05, 4.69) is 18.7 Å². The largest absolute Gasteiger partial charge is 0.462 e. The van der Waals surface area contributed by atoms with E-state index in [4.69, 9.17) is 14.3 Å². The average molecular weight is 259 g/mol. The average Bonchev–Trinajstić information content (AvgIpc) is 2.16. The van der Waals surface area contributed by atoms with Crippen LogP contribution in [0.15, 0.2) is 0 Å². The third kappa shape index (κ3) is 7.98. The Bertz CT molecular complexity index is 268. The smallest absolute Gasteiger partial charge is 0.373 e. The molecule has 0 N–H and O–H groups in total. The quantitative estimate of drug-likeness (QED) is 0.703. The van der Waals surface area contributed by atoms with Crippen LogP contribution in [0.5, 0.6) is 0 Å². The molecule has 0 aliphatic carbocycles. The maximum absolute atomic E-state index is 11.9. The minimum atomic E-state index is -0.146. The van der Waals surface area contributed by atoms with Crippen LogP contribution in [-0.4, -0.2) is 42.3 Å². The molecule has 0 radical (unpaired) electrons. The van der Waals surface area contributed by atoms with Crippen LogP contribution >= 0.6 is 0 Å². The van der Waals surface area contributed by atoms with Crippen molar-refractivity contribution in [1.82, 2.24) is 4.90 Å². The zero-order valence-electron chi connectivity index (χ0n) is 12.4. The summed E-state index contributed by atoms with van der Waals surface area (Å²) in [4.78, 5) is 30.2. The van der Waals surface area contributed by atoms with Crippen molar-refractivity contribution in [2.75, 3.05) is 7.05 Å². The van der Waals surface area contributed by atoms with E-state index in [1.165, 1.54) is 0 Å². The van der Waals surface area contributed by atoms with Crippen molar-refractivity contribution in [1.29, 1.82) is 0 Å². The minimum Gasteiger partial charge on any atom is -0.462 e. The maximum atomic E-state index is 11.9. The summed E-state index contributed by atoms with van der Waals surface area (Å²) < 4.78 is 5.26. The fourth-order valence-corrected chi connectivity index (χ4v) is 1.53. The topological polar surface area (TPSA) is 63.7 Å². The van der Waals surface area contributed by atoms with Crippen LogP contribution in [0.1, 0.15) is 41.5 Å². The summed E-state index contributed by atoms with van der Waals surface area (Å²) in [6, 6.07) is 0.199. The zero-order valence-corrected chi connectivity index (χ0v) is 12.4. The molecule has 0 aromatic rings. The number of carbonyl (C=O) groups is 1. The number of carbonyl (C=O) groups excluding carboxylic acids is 3. The van der Waals surface area contributed by atoms with Crippen LogP contribution in [0.25, 0.3) is 0 Å². The number of rotatable bonds is 5. The molecule has 1 atom stereocenters. The summed E-state index contributed by atoms with van der Waals surface area (Å²) in [5, 5.41) is 0. The first-order chi connectivity index (χ1) is 8.18. The first kappa shape index (κ1) is 19.2. The Kier molecular flexibility index (Phi) is 10.4. The van der Waals surface area contributed by atoms with Gasteiger partial charge in [-0.2, -0.15) is 9.59 Å². The Labute approximate surface area is 109 Å². The summed E-state index contributed by atoms with van der Waals surface area (Å²) in [6.45, 7) is 12.0. The van der Waals surface area contributed by atoms with E-state index in [0.717, 1.165) is 0 Å². The summed E-state index contributed by atoms with van der Waals surface area (Å²) in [5.41, 5.74) is 0. The van der Waals surface area contributed by atoms with E-state index in [0.29, 0.717) is 6.04 Å². The molecule has 1 unspecified atom stereocenters. The second kappa shape index (κ2) is 9.80. The molecular formula is C13H25NO4. The molecule has 0 spiro atoms. The Hall–Kier alpha value is -1.19. The van der Waals surface area contributed by atoms with Crippen molar-refractivity contribution >= 4 is 12.1 Å². The van der Waals surface area contributed by atoms with Gasteiger partial charge in [0.2, 0.25) is 0 Å². The summed E-state index contributed by atoms with van der Waals surface area (Å²) in [6.07, 6.45) is 0.208. The van der Waals surface area contributed by atoms with Gasteiger partial charge in [-0.15, -0.1) is 0 Å². The Morgan fingerprint density at radius 2 is 1.44 bits per heavy atom. The number of likely N-dealkylation sites (N-methyl/N-ethyl adjacent to an activating group) is 1. The van der Waals surface area contributed by atoms with E-state index in [9.17, 15) is 4.79 Å². The lowest BCUT2D eigenvalue weighted by Gasteiger charge is -2.32. The third-order valence-electron chi connectivity index (χ3n) is 2.48. The highest BCUT2D eigenvalue weighted by Gasteiger charge is 2.29. The molecule has 5 heteroatoms. The van der Waals surface area contributed by atoms with Gasteiger partial charge in [0.15, 0.2) is 0 Å². The molecule has 0 aromatic carbocycles. The van der Waals surface area contributed by atoms with Crippen molar-refractivity contribution in [2.45, 2.75) is 59.7 Å². The molecule has 0 aliphatic heterocycles. The first-order valence-corrected chi connectivity index (χ1v) is 6.10. The van der Waals surface area contributed by atoms with E-state index < -0.39 is 0 Å². The van der Waals surface area contributed by atoms with E-state index >= 15 is 0 Å². The van der Waals surface area contributed by atoms with E-state index in [1.807, 2.05) is 34.7 Å². The Morgan fingerprint density at radius 1 is 1.06 bits per heavy atom. The molecule has 5 nitrogen and oxygen atoms in total. The van der Waals surface area contributed by atoms with Crippen molar-refractivity contribution < 1.29 is 19.1 Å². The van der Waals surface area contributed by atoms with Crippen molar-refractivity contribution in [3.05, 3.63) is 0 Å². The molecule has 0 aliphatic rings. The molecule has 0 heterocycles. The van der Waals surface area contributed by atoms with Crippen LogP contribution < -0.4 is 0 Å². The number of esters is 1. The van der Waals surface area contributed by atoms with Gasteiger partial charge >= 0.3 is 12.1 Å². The van der Waals surface area contributed by atoms with E-state index in [1.54, 1.807) is 0 Å². The van der Waals surface area contributed by atoms with Crippen LogP contribution in [-0.2, 0) is 19.1 Å². The highest BCUT2D eigenvalue weighted by Crippen LogP contribution is 2.14. The minimum absolute atomic E-state index is 0.0423. The summed E-state index contributed by atoms with van der Waals surface area (Å²) in [7, 11) is 1.97. The zero-order chi connectivity index (χ0) is 14.9. The van der Waals surface area contributed by atoms with Gasteiger partial charge in [0, 0.05) is 6.04 Å². The van der Waals surface area contributed by atoms with Crippen LogP contribution in [0.3, 0.4) is 0 Å². The lowest BCUT2D eigenvalue weighted by molar-refractivity contribution is -0.191. The molecule has 0 amide bonds. The maximum Gasteiger partial charge on any atom is 0.373 e. The molecular weight excluding hydrogens is 234 g/mol. The standard InChI is InChI=1S/C12H25NO2.CO2/c1-8(2)11(13(7)9(3)4)12(14)15-10(5)6;2-1-3/h8-11H,1-7H3;. The number of ether oxygens (including phenoxy) is 1. The van der Waals surface area contributed by atoms with Crippen molar-refractivity contribution in [3.63, 3.8) is 0 Å². The highest BCUT2D eigenvalue weighted by atomic mass is 16.5. The van der Waals surface area contributed by atoms with Gasteiger partial charge in [0.25, 0.3) is 0 Å². The van der Waals surface area contributed by atoms with Crippen molar-refractivity contribution in [2.24, 2.45) is 5.92 Å². The lowest BCUT2D eigenvalue weighted by Crippen LogP contribution is -2.47. The highest BCUT2D eigenvalue weighted by molar-refractivity contribution is 5.76.